The Hall–Kier alpha value is -0.610. The van der Waals surface area contributed by atoms with Crippen LogP contribution in [0.15, 0.2) is 0 Å². The van der Waals surface area contributed by atoms with Crippen LogP contribution in [-0.4, -0.2) is 61.0 Å². The van der Waals surface area contributed by atoms with Crippen molar-refractivity contribution in [2.45, 2.75) is 38.6 Å². The minimum Gasteiger partial charge on any atom is -0.338 e. The van der Waals surface area contributed by atoms with Crippen LogP contribution in [0.3, 0.4) is 0 Å². The molecular weight excluding hydrogens is 226 g/mol. The Morgan fingerprint density at radius 3 is 3.00 bits per heavy atom. The molecule has 18 heavy (non-hydrogen) atoms. The molecule has 4 nitrogen and oxygen atoms in total. The van der Waals surface area contributed by atoms with E-state index in [1.54, 1.807) is 0 Å². The van der Waals surface area contributed by atoms with Crippen LogP contribution in [0.1, 0.15) is 32.6 Å². The van der Waals surface area contributed by atoms with Crippen molar-refractivity contribution in [1.82, 2.24) is 15.1 Å². The third kappa shape index (κ3) is 2.41. The number of nitrogens with one attached hydrogen (secondary N) is 1. The van der Waals surface area contributed by atoms with Crippen molar-refractivity contribution in [2.24, 2.45) is 5.41 Å². The molecule has 0 aromatic heterocycles. The monoisotopic (exact) mass is 251 g/mol. The van der Waals surface area contributed by atoms with Crippen LogP contribution in [0.2, 0.25) is 0 Å². The highest BCUT2D eigenvalue weighted by Gasteiger charge is 2.37. The number of carbonyl (C=O) groups is 1. The molecule has 0 bridgehead atoms. The Kier molecular flexibility index (Phi) is 3.32. The summed E-state index contributed by atoms with van der Waals surface area (Å²) in [6.07, 6.45) is 4.31. The van der Waals surface area contributed by atoms with Crippen molar-refractivity contribution in [3.05, 3.63) is 0 Å². The van der Waals surface area contributed by atoms with Gasteiger partial charge in [0.15, 0.2) is 0 Å². The van der Waals surface area contributed by atoms with Crippen LogP contribution < -0.4 is 5.32 Å². The van der Waals surface area contributed by atoms with Gasteiger partial charge in [0.2, 0.25) is 5.91 Å². The lowest BCUT2D eigenvalue weighted by Gasteiger charge is -2.30. The molecule has 2 unspecified atom stereocenters. The van der Waals surface area contributed by atoms with Crippen molar-refractivity contribution in [2.75, 3.05) is 39.3 Å². The molecule has 102 valence electrons. The van der Waals surface area contributed by atoms with Gasteiger partial charge in [-0.15, -0.1) is 0 Å². The van der Waals surface area contributed by atoms with E-state index in [2.05, 4.69) is 22.0 Å². The molecule has 1 N–H and O–H groups in total. The second-order valence-corrected chi connectivity index (χ2v) is 6.61. The minimum absolute atomic E-state index is 0.385. The molecule has 0 aromatic carbocycles. The fraction of sp³-hybridized carbons (Fsp3) is 0.929. The molecule has 3 aliphatic heterocycles. The molecule has 0 saturated carbocycles. The largest absolute Gasteiger partial charge is 0.338 e. The van der Waals surface area contributed by atoms with Crippen molar-refractivity contribution in [3.63, 3.8) is 0 Å². The summed E-state index contributed by atoms with van der Waals surface area (Å²) in [5.74, 6) is 0.385. The van der Waals surface area contributed by atoms with Gasteiger partial charge < -0.3 is 15.1 Å². The summed E-state index contributed by atoms with van der Waals surface area (Å²) in [5.41, 5.74) is 0.448. The summed E-state index contributed by atoms with van der Waals surface area (Å²) < 4.78 is 0. The zero-order valence-corrected chi connectivity index (χ0v) is 11.5. The van der Waals surface area contributed by atoms with E-state index < -0.39 is 0 Å². The lowest BCUT2D eigenvalue weighted by Crippen LogP contribution is -2.41. The maximum Gasteiger partial charge on any atom is 0.222 e. The van der Waals surface area contributed by atoms with Gasteiger partial charge in [-0.3, -0.25) is 4.79 Å². The van der Waals surface area contributed by atoms with Crippen LogP contribution in [0.5, 0.6) is 0 Å². The second-order valence-electron chi connectivity index (χ2n) is 6.61. The van der Waals surface area contributed by atoms with Crippen LogP contribution in [-0.2, 0) is 4.79 Å². The van der Waals surface area contributed by atoms with E-state index in [0.717, 1.165) is 32.5 Å². The Labute approximate surface area is 110 Å². The van der Waals surface area contributed by atoms with Gasteiger partial charge in [0.1, 0.15) is 0 Å². The predicted molar refractivity (Wildman–Crippen MR) is 71.4 cm³/mol. The highest BCUT2D eigenvalue weighted by molar-refractivity contribution is 5.78. The standard InChI is InChI=1S/C14H25N3O/c1-14(5-6-15-10-14)11-16-8-4-12(9-16)17-7-2-3-13(17)18/h12,15H,2-11H2,1H3. The lowest BCUT2D eigenvalue weighted by molar-refractivity contribution is -0.129. The maximum absolute atomic E-state index is 11.8. The highest BCUT2D eigenvalue weighted by Crippen LogP contribution is 2.29. The smallest absolute Gasteiger partial charge is 0.222 e. The summed E-state index contributed by atoms with van der Waals surface area (Å²) >= 11 is 0. The van der Waals surface area contributed by atoms with E-state index in [1.807, 2.05) is 0 Å². The van der Waals surface area contributed by atoms with Crippen molar-refractivity contribution >= 4 is 5.91 Å². The molecule has 1 amide bonds. The Morgan fingerprint density at radius 1 is 1.44 bits per heavy atom. The Balaban J connectivity index is 1.53. The van der Waals surface area contributed by atoms with Gasteiger partial charge in [0, 0.05) is 45.2 Å². The van der Waals surface area contributed by atoms with Gasteiger partial charge in [-0.05, 0) is 31.2 Å². The first-order valence-electron chi connectivity index (χ1n) is 7.39. The topological polar surface area (TPSA) is 35.6 Å². The van der Waals surface area contributed by atoms with Gasteiger partial charge >= 0.3 is 0 Å². The molecule has 0 aromatic rings. The van der Waals surface area contributed by atoms with Gasteiger partial charge in [0.05, 0.1) is 0 Å². The molecule has 3 heterocycles. The lowest BCUT2D eigenvalue weighted by atomic mass is 9.89. The predicted octanol–water partition coefficient (Wildman–Crippen LogP) is 0.683. The molecule has 0 spiro atoms. The van der Waals surface area contributed by atoms with E-state index in [1.165, 1.54) is 32.5 Å². The van der Waals surface area contributed by atoms with Gasteiger partial charge in [-0.25, -0.2) is 0 Å². The van der Waals surface area contributed by atoms with Crippen LogP contribution in [0.4, 0.5) is 0 Å². The number of carbonyl (C=O) groups excluding carboxylic acids is 1. The van der Waals surface area contributed by atoms with Gasteiger partial charge in [-0.2, -0.15) is 0 Å². The van der Waals surface area contributed by atoms with E-state index in [-0.39, 0.29) is 0 Å². The number of hydrogen-bond donors (Lipinski definition) is 1. The van der Waals surface area contributed by atoms with Crippen LogP contribution in [0.25, 0.3) is 0 Å². The zero-order valence-electron chi connectivity index (χ0n) is 11.5. The summed E-state index contributed by atoms with van der Waals surface area (Å²) in [6.45, 7) is 9.16. The average Bonchev–Trinajstić information content (AvgIpc) is 3.01. The number of rotatable bonds is 3. The molecular formula is C14H25N3O. The SMILES string of the molecule is CC1(CN2CCC(N3CCCC3=O)C2)CCNC1. The molecule has 0 aliphatic carbocycles. The quantitative estimate of drug-likeness (QED) is 0.801. The van der Waals surface area contributed by atoms with E-state index >= 15 is 0 Å². The van der Waals surface area contributed by atoms with E-state index in [0.29, 0.717) is 17.4 Å². The molecule has 3 aliphatic rings. The average molecular weight is 251 g/mol. The summed E-state index contributed by atoms with van der Waals surface area (Å²) in [7, 11) is 0. The molecule has 3 saturated heterocycles. The Morgan fingerprint density at radius 2 is 2.33 bits per heavy atom. The molecule has 2 atom stereocenters. The summed E-state index contributed by atoms with van der Waals surface area (Å²) in [4.78, 5) is 16.5. The first kappa shape index (κ1) is 12.4. The normalized spacial score (nSPS) is 37.9. The fourth-order valence-electron chi connectivity index (χ4n) is 3.81. The number of likely N-dealkylation sites (tertiary alicyclic amines) is 2. The highest BCUT2D eigenvalue weighted by atomic mass is 16.2. The summed E-state index contributed by atoms with van der Waals surface area (Å²) in [6, 6.07) is 0.498. The first-order chi connectivity index (χ1) is 8.66. The molecule has 3 rings (SSSR count). The molecule has 4 heteroatoms. The van der Waals surface area contributed by atoms with Gasteiger partial charge in [-0.1, -0.05) is 6.92 Å². The third-order valence-corrected chi connectivity index (χ3v) is 4.86. The van der Waals surface area contributed by atoms with Crippen molar-refractivity contribution < 1.29 is 4.79 Å². The maximum atomic E-state index is 11.8. The first-order valence-corrected chi connectivity index (χ1v) is 7.39. The number of nitrogens with zero attached hydrogens (tertiary/aromatic N) is 2. The minimum atomic E-state index is 0.385. The van der Waals surface area contributed by atoms with Crippen molar-refractivity contribution in [1.29, 1.82) is 0 Å². The van der Waals surface area contributed by atoms with Crippen LogP contribution >= 0.6 is 0 Å². The third-order valence-electron chi connectivity index (χ3n) is 4.86. The molecule has 3 fully saturated rings. The zero-order chi connectivity index (χ0) is 12.6. The van der Waals surface area contributed by atoms with Gasteiger partial charge in [0.25, 0.3) is 0 Å². The Bertz CT molecular complexity index is 325. The summed E-state index contributed by atoms with van der Waals surface area (Å²) in [5, 5.41) is 3.47. The second kappa shape index (κ2) is 4.82. The van der Waals surface area contributed by atoms with Crippen LogP contribution in [0, 0.1) is 5.41 Å². The fourth-order valence-corrected chi connectivity index (χ4v) is 3.81. The number of amides is 1. The number of hydrogen-bond acceptors (Lipinski definition) is 3. The van der Waals surface area contributed by atoms with Crippen molar-refractivity contribution in [3.8, 4) is 0 Å². The van der Waals surface area contributed by atoms with E-state index in [4.69, 9.17) is 0 Å². The molecule has 0 radical (unpaired) electrons. The van der Waals surface area contributed by atoms with E-state index in [9.17, 15) is 4.79 Å².